The first kappa shape index (κ1) is 20.9. The largest absolute Gasteiger partial charge is 0.376 e. The number of para-hydroxylation sites is 2. The Morgan fingerprint density at radius 1 is 1.33 bits per heavy atom. The maximum absolute atomic E-state index is 13.3. The van der Waals surface area contributed by atoms with Gasteiger partial charge in [0, 0.05) is 24.8 Å². The van der Waals surface area contributed by atoms with Crippen molar-refractivity contribution < 1.29 is 14.3 Å². The molecule has 1 N–H and O–H groups in total. The second-order valence-electron chi connectivity index (χ2n) is 7.98. The van der Waals surface area contributed by atoms with Crippen molar-refractivity contribution in [2.24, 2.45) is 0 Å². The molecule has 1 saturated heterocycles. The van der Waals surface area contributed by atoms with Crippen molar-refractivity contribution in [1.82, 2.24) is 9.55 Å². The van der Waals surface area contributed by atoms with Crippen LogP contribution in [-0.2, 0) is 20.9 Å². The first-order chi connectivity index (χ1) is 14.4. The molecule has 160 valence electrons. The van der Waals surface area contributed by atoms with Crippen molar-refractivity contribution >= 4 is 35.0 Å². The van der Waals surface area contributed by atoms with Gasteiger partial charge in [0.25, 0.3) is 0 Å². The molecule has 7 nitrogen and oxygen atoms in total. The highest BCUT2D eigenvalue weighted by molar-refractivity contribution is 7.99. The van der Waals surface area contributed by atoms with Crippen LogP contribution in [0.15, 0.2) is 29.4 Å². The van der Waals surface area contributed by atoms with E-state index in [1.54, 1.807) is 4.90 Å². The molecule has 4 rings (SSSR count). The molecule has 30 heavy (non-hydrogen) atoms. The average molecular weight is 429 g/mol. The minimum absolute atomic E-state index is 0.0292. The first-order valence-corrected chi connectivity index (χ1v) is 11.4. The van der Waals surface area contributed by atoms with Gasteiger partial charge in [-0.1, -0.05) is 23.9 Å². The van der Waals surface area contributed by atoms with Gasteiger partial charge in [0.15, 0.2) is 5.16 Å². The number of aryl methyl sites for hydroxylation is 1. The van der Waals surface area contributed by atoms with Gasteiger partial charge in [0.05, 0.1) is 35.5 Å². The zero-order valence-corrected chi connectivity index (χ0v) is 18.5. The normalized spacial score (nSPS) is 21.3. The molecule has 8 heteroatoms. The van der Waals surface area contributed by atoms with Crippen molar-refractivity contribution in [1.29, 1.82) is 0 Å². The third-order valence-corrected chi connectivity index (χ3v) is 6.75. The Hall–Kier alpha value is -2.32. The number of carbonyl (C=O) groups is 2. The number of thioether (sulfide) groups is 1. The molecule has 2 amide bonds. The summed E-state index contributed by atoms with van der Waals surface area (Å²) in [7, 11) is 0. The molecule has 0 aliphatic carbocycles. The maximum atomic E-state index is 13.3. The molecule has 0 bridgehead atoms. The summed E-state index contributed by atoms with van der Waals surface area (Å²) >= 11 is 1.45. The van der Waals surface area contributed by atoms with Crippen LogP contribution in [0.2, 0.25) is 0 Å². The summed E-state index contributed by atoms with van der Waals surface area (Å²) in [5, 5.41) is 3.75. The Bertz CT molecular complexity index is 952. The van der Waals surface area contributed by atoms with Crippen LogP contribution < -0.4 is 10.2 Å². The number of rotatable bonds is 5. The molecule has 1 aromatic carbocycles. The highest BCUT2D eigenvalue weighted by Crippen LogP contribution is 2.32. The molecule has 1 fully saturated rings. The van der Waals surface area contributed by atoms with Crippen molar-refractivity contribution in [3.05, 3.63) is 35.7 Å². The van der Waals surface area contributed by atoms with Crippen LogP contribution in [-0.4, -0.2) is 45.9 Å². The number of anilines is 2. The lowest BCUT2D eigenvalue weighted by Crippen LogP contribution is -2.40. The lowest BCUT2D eigenvalue weighted by atomic mass is 10.2. The molecule has 0 saturated carbocycles. The zero-order valence-electron chi connectivity index (χ0n) is 17.7. The van der Waals surface area contributed by atoms with E-state index in [1.165, 1.54) is 11.8 Å². The molecule has 2 atom stereocenters. The Balaban J connectivity index is 1.52. The lowest BCUT2D eigenvalue weighted by Gasteiger charge is -2.27. The average Bonchev–Trinajstić information content (AvgIpc) is 3.28. The summed E-state index contributed by atoms with van der Waals surface area (Å²) < 4.78 is 7.98. The minimum Gasteiger partial charge on any atom is -0.376 e. The summed E-state index contributed by atoms with van der Waals surface area (Å²) in [5.41, 5.74) is 3.52. The van der Waals surface area contributed by atoms with Crippen molar-refractivity contribution in [3.8, 4) is 0 Å². The molecule has 1 aromatic heterocycles. The van der Waals surface area contributed by atoms with E-state index in [0.29, 0.717) is 5.69 Å². The van der Waals surface area contributed by atoms with Crippen LogP contribution in [0.1, 0.15) is 37.6 Å². The minimum atomic E-state index is -0.211. The molecule has 0 radical (unpaired) electrons. The van der Waals surface area contributed by atoms with Gasteiger partial charge in [0.2, 0.25) is 11.8 Å². The number of benzene rings is 1. The van der Waals surface area contributed by atoms with Crippen LogP contribution in [0.25, 0.3) is 0 Å². The van der Waals surface area contributed by atoms with E-state index in [0.717, 1.165) is 48.2 Å². The number of amides is 2. The maximum Gasteiger partial charge on any atom is 0.237 e. The number of ether oxygens (including phenoxy) is 1. The molecular weight excluding hydrogens is 400 g/mol. The van der Waals surface area contributed by atoms with Gasteiger partial charge in [0.1, 0.15) is 0 Å². The molecule has 2 aliphatic rings. The molecule has 3 heterocycles. The fourth-order valence-corrected chi connectivity index (χ4v) is 5.06. The van der Waals surface area contributed by atoms with Gasteiger partial charge in [-0.25, -0.2) is 4.98 Å². The quantitative estimate of drug-likeness (QED) is 0.738. The van der Waals surface area contributed by atoms with Crippen LogP contribution in [0.3, 0.4) is 0 Å². The van der Waals surface area contributed by atoms with E-state index < -0.39 is 0 Å². The third kappa shape index (κ3) is 4.25. The fourth-order valence-electron chi connectivity index (χ4n) is 4.10. The number of hydrogen-bond donors (Lipinski definition) is 1. The van der Waals surface area contributed by atoms with Crippen LogP contribution in [0.5, 0.6) is 0 Å². The number of nitrogens with one attached hydrogen (secondary N) is 1. The Morgan fingerprint density at radius 2 is 2.13 bits per heavy atom. The number of carbonyl (C=O) groups excluding carboxylic acids is 2. The topological polar surface area (TPSA) is 76.5 Å². The second-order valence-corrected chi connectivity index (χ2v) is 8.92. The van der Waals surface area contributed by atoms with E-state index in [-0.39, 0.29) is 36.1 Å². The molecular formula is C22H28N4O3S. The van der Waals surface area contributed by atoms with E-state index in [1.807, 2.05) is 38.1 Å². The van der Waals surface area contributed by atoms with Crippen molar-refractivity contribution in [2.45, 2.75) is 63.9 Å². The van der Waals surface area contributed by atoms with Crippen LogP contribution >= 0.6 is 11.8 Å². The van der Waals surface area contributed by atoms with Gasteiger partial charge in [-0.3, -0.25) is 9.59 Å². The predicted octanol–water partition coefficient (Wildman–Crippen LogP) is 3.53. The lowest BCUT2D eigenvalue weighted by molar-refractivity contribution is -0.117. The van der Waals surface area contributed by atoms with E-state index in [9.17, 15) is 9.59 Å². The summed E-state index contributed by atoms with van der Waals surface area (Å²) in [4.78, 5) is 31.9. The number of nitrogens with zero attached hydrogens (tertiary/aromatic N) is 3. The van der Waals surface area contributed by atoms with Crippen LogP contribution in [0, 0.1) is 13.8 Å². The highest BCUT2D eigenvalue weighted by Gasteiger charge is 2.30. The monoisotopic (exact) mass is 428 g/mol. The first-order valence-electron chi connectivity index (χ1n) is 10.4. The van der Waals surface area contributed by atoms with Gasteiger partial charge >= 0.3 is 0 Å². The van der Waals surface area contributed by atoms with E-state index >= 15 is 0 Å². The molecule has 2 aromatic rings. The highest BCUT2D eigenvalue weighted by atomic mass is 32.2. The number of hydrogen-bond acceptors (Lipinski definition) is 5. The summed E-state index contributed by atoms with van der Waals surface area (Å²) in [6.45, 7) is 7.56. The summed E-state index contributed by atoms with van der Waals surface area (Å²) in [5.74, 6) is 0.156. The predicted molar refractivity (Wildman–Crippen MR) is 118 cm³/mol. The smallest absolute Gasteiger partial charge is 0.237 e. The number of imidazole rings is 1. The SMILES string of the molecule is Cc1nc(SCC(=O)N2c3ccccc3NC(=O)CC2C)n(CC2CCCO2)c1C. The summed E-state index contributed by atoms with van der Waals surface area (Å²) in [6, 6.07) is 7.25. The second kappa shape index (κ2) is 8.81. The zero-order chi connectivity index (χ0) is 21.3. The molecule has 2 unspecified atom stereocenters. The van der Waals surface area contributed by atoms with Crippen molar-refractivity contribution in [2.75, 3.05) is 22.6 Å². The Labute approximate surface area is 181 Å². The molecule has 2 aliphatic heterocycles. The standard InChI is InChI=1S/C22H28N4O3S/c1-14-11-20(27)24-18-8-4-5-9-19(18)26(14)21(28)13-30-22-23-15(2)16(3)25(22)12-17-7-6-10-29-17/h4-5,8-9,14,17H,6-7,10-13H2,1-3H3,(H,24,27). The molecule has 0 spiro atoms. The van der Waals surface area contributed by atoms with Crippen molar-refractivity contribution in [3.63, 3.8) is 0 Å². The number of fused-ring (bicyclic) bond motifs is 1. The van der Waals surface area contributed by atoms with E-state index in [2.05, 4.69) is 16.8 Å². The number of aromatic nitrogens is 2. The summed E-state index contributed by atoms with van der Waals surface area (Å²) in [6.07, 6.45) is 2.64. The Morgan fingerprint density at radius 3 is 2.90 bits per heavy atom. The van der Waals surface area contributed by atoms with E-state index in [4.69, 9.17) is 9.72 Å². The van der Waals surface area contributed by atoms with Crippen LogP contribution in [0.4, 0.5) is 11.4 Å². The van der Waals surface area contributed by atoms with Gasteiger partial charge in [-0.15, -0.1) is 0 Å². The Kier molecular flexibility index (Phi) is 6.15. The fraction of sp³-hybridized carbons (Fsp3) is 0.500. The van der Waals surface area contributed by atoms with Gasteiger partial charge < -0.3 is 19.5 Å². The van der Waals surface area contributed by atoms with Gasteiger partial charge in [-0.2, -0.15) is 0 Å². The van der Waals surface area contributed by atoms with Gasteiger partial charge in [-0.05, 0) is 45.7 Å². The third-order valence-electron chi connectivity index (χ3n) is 5.79.